The molecule has 0 bridgehead atoms. The van der Waals surface area contributed by atoms with Gasteiger partial charge in [0.1, 0.15) is 0 Å². The number of nitrogens with zero attached hydrogens (tertiary/aromatic N) is 1. The van der Waals surface area contributed by atoms with Gasteiger partial charge in [-0.05, 0) is 0 Å². The van der Waals surface area contributed by atoms with Crippen LogP contribution in [0.5, 0.6) is 0 Å². The molecule has 0 saturated heterocycles. The van der Waals surface area contributed by atoms with Gasteiger partial charge in [0.15, 0.2) is 0 Å². The summed E-state index contributed by atoms with van der Waals surface area (Å²) in [5, 5.41) is 14.8. The van der Waals surface area contributed by atoms with E-state index in [1.165, 1.54) is 0 Å². The third kappa shape index (κ3) is 57.8. The van der Waals surface area contributed by atoms with Crippen molar-refractivity contribution in [2.24, 2.45) is 0 Å². The molecule has 0 atom stereocenters. The molecule has 0 spiro atoms. The van der Waals surface area contributed by atoms with Crippen molar-refractivity contribution >= 4 is 23.1 Å². The summed E-state index contributed by atoms with van der Waals surface area (Å²) in [4.78, 5) is 8.25. The van der Waals surface area contributed by atoms with Gasteiger partial charge >= 0.3 is 63.4 Å². The van der Waals surface area contributed by atoms with E-state index in [0.717, 1.165) is 0 Å². The second kappa shape index (κ2) is 9.57. The molecule has 0 heterocycles. The van der Waals surface area contributed by atoms with E-state index in [2.05, 4.69) is 0 Å². The van der Waals surface area contributed by atoms with Gasteiger partial charge in [-0.2, -0.15) is 0 Å². The summed E-state index contributed by atoms with van der Waals surface area (Å²) in [7, 11) is 0. The van der Waals surface area contributed by atoms with E-state index in [1.54, 1.807) is 0 Å². The molecule has 27 valence electrons. The van der Waals surface area contributed by atoms with Crippen LogP contribution in [-0.4, -0.2) is 28.1 Å². The Balaban J connectivity index is -0.0000000450. The van der Waals surface area contributed by atoms with Crippen LogP contribution in [-0.2, 0) is 0 Å². The maximum atomic E-state index is 8.25. The second-order valence-corrected chi connectivity index (χ2v) is 0.224. The average Bonchev–Trinajstić information content (AvgIpc) is 0.811. The summed E-state index contributed by atoms with van der Waals surface area (Å²) in [6.45, 7) is 0. The predicted molar refractivity (Wildman–Crippen MR) is 16.1 cm³/mol. The maximum Gasteiger partial charge on any atom is 3.00 e. The van der Waals surface area contributed by atoms with Gasteiger partial charge in [-0.3, -0.25) is 0 Å². The number of rotatable bonds is 0. The Bertz CT molecular complexity index is 33.8. The van der Waals surface area contributed by atoms with E-state index in [0.29, 0.717) is 0 Å². The molecule has 0 aromatic rings. The van der Waals surface area contributed by atoms with E-state index >= 15 is 0 Å². The Morgan fingerprint density at radius 3 is 1.33 bits per heavy atom. The molecule has 4 nitrogen and oxygen atoms in total. The SMILES string of the molecule is O=[N+]([O-])[O-].[Mg+2].[Sm+3]. The van der Waals surface area contributed by atoms with E-state index < -0.39 is 5.09 Å². The molecular weight excluding hydrogens is 237 g/mol. The van der Waals surface area contributed by atoms with Gasteiger partial charge < -0.3 is 15.3 Å². The van der Waals surface area contributed by atoms with E-state index in [4.69, 9.17) is 15.3 Å². The van der Waals surface area contributed by atoms with Crippen molar-refractivity contribution in [3.8, 4) is 0 Å². The van der Waals surface area contributed by atoms with Crippen molar-refractivity contribution in [3.63, 3.8) is 0 Å². The van der Waals surface area contributed by atoms with E-state index in [1.807, 2.05) is 0 Å². The van der Waals surface area contributed by atoms with Gasteiger partial charge in [0.2, 0.25) is 0 Å². The summed E-state index contributed by atoms with van der Waals surface area (Å²) in [6, 6.07) is 0. The fraction of sp³-hybridized carbons (Fsp3) is 0. The molecular formula is MgNO3Sm+4. The molecule has 1 radical (unpaired) electrons. The molecule has 6 heteroatoms. The second-order valence-electron chi connectivity index (χ2n) is 0.224. The largest absolute Gasteiger partial charge is 3.00 e. The molecule has 0 unspecified atom stereocenters. The minimum atomic E-state index is -1.75. The zero-order chi connectivity index (χ0) is 3.58. The monoisotopic (exact) mass is 238 g/mol. The Kier molecular flexibility index (Phi) is 25.0. The van der Waals surface area contributed by atoms with Gasteiger partial charge in [0.25, 0.3) is 0 Å². The van der Waals surface area contributed by atoms with E-state index in [-0.39, 0.29) is 63.4 Å². The third-order valence-electron chi connectivity index (χ3n) is 0. The molecule has 0 amide bonds. The van der Waals surface area contributed by atoms with Crippen molar-refractivity contribution in [1.82, 2.24) is 0 Å². The maximum absolute atomic E-state index is 8.25. The first kappa shape index (κ1) is 15.7. The summed E-state index contributed by atoms with van der Waals surface area (Å²) in [6.07, 6.45) is 0. The van der Waals surface area contributed by atoms with Crippen LogP contribution in [0, 0.1) is 55.7 Å². The summed E-state index contributed by atoms with van der Waals surface area (Å²) in [5.74, 6) is 0. The van der Waals surface area contributed by atoms with Gasteiger partial charge in [0.05, 0.1) is 5.09 Å². The van der Waals surface area contributed by atoms with Crippen LogP contribution in [0.3, 0.4) is 0 Å². The van der Waals surface area contributed by atoms with Gasteiger partial charge in [-0.25, -0.2) is 0 Å². The molecule has 0 rings (SSSR count). The van der Waals surface area contributed by atoms with Crippen LogP contribution in [0.1, 0.15) is 0 Å². The van der Waals surface area contributed by atoms with Crippen LogP contribution in [0.4, 0.5) is 0 Å². The Morgan fingerprint density at radius 2 is 1.33 bits per heavy atom. The van der Waals surface area contributed by atoms with Crippen molar-refractivity contribution in [2.45, 2.75) is 0 Å². The fourth-order valence-electron chi connectivity index (χ4n) is 0. The summed E-state index contributed by atoms with van der Waals surface area (Å²) < 4.78 is 0. The zero-order valence-corrected chi connectivity index (χ0v) is 6.82. The minimum Gasteiger partial charge on any atom is -0.356 e. The molecule has 0 saturated carbocycles. The van der Waals surface area contributed by atoms with Crippen LogP contribution < -0.4 is 0 Å². The summed E-state index contributed by atoms with van der Waals surface area (Å²) >= 11 is 0. The zero-order valence-electron chi connectivity index (χ0n) is 2.79. The van der Waals surface area contributed by atoms with Crippen LogP contribution >= 0.6 is 0 Å². The number of hydrogen-bond acceptors (Lipinski definition) is 3. The fourth-order valence-corrected chi connectivity index (χ4v) is 0. The van der Waals surface area contributed by atoms with Gasteiger partial charge in [-0.1, -0.05) is 0 Å². The predicted octanol–water partition coefficient (Wildman–Crippen LogP) is -0.620. The van der Waals surface area contributed by atoms with Crippen LogP contribution in [0.15, 0.2) is 0 Å². The van der Waals surface area contributed by atoms with Gasteiger partial charge in [-0.15, -0.1) is 0 Å². The molecule has 0 aromatic heterocycles. The molecule has 0 fully saturated rings. The quantitative estimate of drug-likeness (QED) is 0.320. The summed E-state index contributed by atoms with van der Waals surface area (Å²) in [5.41, 5.74) is 0. The van der Waals surface area contributed by atoms with Crippen LogP contribution in [0.2, 0.25) is 0 Å². The molecule has 0 aliphatic carbocycles. The number of hydrogen-bond donors (Lipinski definition) is 0. The topological polar surface area (TPSA) is 66.2 Å². The first-order valence-electron chi connectivity index (χ1n) is 0.548. The first-order valence-corrected chi connectivity index (χ1v) is 0.548. The minimum absolute atomic E-state index is 0. The molecule has 0 aromatic carbocycles. The third-order valence-corrected chi connectivity index (χ3v) is 0. The Hall–Kier alpha value is 1.30. The molecule has 0 aliphatic rings. The average molecular weight is 237 g/mol. The van der Waals surface area contributed by atoms with Gasteiger partial charge in [0, 0.05) is 0 Å². The molecule has 0 N–H and O–H groups in total. The van der Waals surface area contributed by atoms with E-state index in [9.17, 15) is 0 Å². The van der Waals surface area contributed by atoms with Crippen LogP contribution in [0.25, 0.3) is 0 Å². The Labute approximate surface area is 82.7 Å². The van der Waals surface area contributed by atoms with Crippen molar-refractivity contribution < 1.29 is 45.5 Å². The Morgan fingerprint density at radius 1 is 1.33 bits per heavy atom. The van der Waals surface area contributed by atoms with Crippen molar-refractivity contribution in [1.29, 1.82) is 0 Å². The normalized spacial score (nSPS) is 4.00. The molecule has 0 aliphatic heterocycles. The molecule has 6 heavy (non-hydrogen) atoms. The van der Waals surface area contributed by atoms with Crippen molar-refractivity contribution in [2.75, 3.05) is 0 Å². The standard InChI is InChI=1S/Mg.NO3.Sm/c;2-1(3)4;/q+2;-1;+3. The first-order chi connectivity index (χ1) is 1.73. The smallest absolute Gasteiger partial charge is 0.356 e. The van der Waals surface area contributed by atoms with Crippen molar-refractivity contribution in [3.05, 3.63) is 15.3 Å².